The molecule has 1 aromatic heterocycles. The molecular weight excluding hydrogens is 290 g/mol. The third-order valence-corrected chi connectivity index (χ3v) is 4.65. The van der Waals surface area contributed by atoms with E-state index < -0.39 is 10.0 Å². The van der Waals surface area contributed by atoms with E-state index in [0.29, 0.717) is 11.4 Å². The molecule has 0 amide bonds. The lowest BCUT2D eigenvalue weighted by Crippen LogP contribution is -2.31. The Morgan fingerprint density at radius 2 is 2.10 bits per heavy atom. The van der Waals surface area contributed by atoms with Gasteiger partial charge in [0.1, 0.15) is 0 Å². The van der Waals surface area contributed by atoms with Gasteiger partial charge in [-0.05, 0) is 26.0 Å². The van der Waals surface area contributed by atoms with Crippen LogP contribution in [0.3, 0.4) is 0 Å². The van der Waals surface area contributed by atoms with E-state index in [0.717, 1.165) is 25.2 Å². The van der Waals surface area contributed by atoms with E-state index in [1.165, 1.54) is 0 Å². The summed E-state index contributed by atoms with van der Waals surface area (Å²) in [5, 5.41) is 3.23. The Bertz CT molecular complexity index is 526. The van der Waals surface area contributed by atoms with Gasteiger partial charge in [-0.15, -0.1) is 0 Å². The summed E-state index contributed by atoms with van der Waals surface area (Å²) < 4.78 is 34.2. The number of ether oxygens (including phenoxy) is 1. The van der Waals surface area contributed by atoms with Crippen LogP contribution in [0.5, 0.6) is 0 Å². The summed E-state index contributed by atoms with van der Waals surface area (Å²) in [6, 6.07) is 1.73. The Kier molecular flexibility index (Phi) is 7.37. The van der Waals surface area contributed by atoms with Crippen LogP contribution in [0.4, 0.5) is 0 Å². The maximum absolute atomic E-state index is 12.3. The highest BCUT2D eigenvalue weighted by atomic mass is 32.2. The average Bonchev–Trinajstić information content (AvgIpc) is 2.87. The van der Waals surface area contributed by atoms with Crippen LogP contribution >= 0.6 is 0 Å². The molecule has 0 saturated carbocycles. The van der Waals surface area contributed by atoms with Gasteiger partial charge in [-0.25, -0.2) is 13.1 Å². The standard InChI is InChI=1S/C14H27N3O3S/c1-5-7-17-11-14(8-13(17)10-15-6-2)21(18,19)16-9-12(3)20-4/h8,11-12,15-16H,5-7,9-10H2,1-4H3. The van der Waals surface area contributed by atoms with E-state index in [1.54, 1.807) is 19.4 Å². The van der Waals surface area contributed by atoms with Crippen molar-refractivity contribution in [2.75, 3.05) is 20.2 Å². The van der Waals surface area contributed by atoms with Crippen molar-refractivity contribution >= 4 is 10.0 Å². The number of aromatic nitrogens is 1. The monoisotopic (exact) mass is 317 g/mol. The third kappa shape index (κ3) is 5.43. The molecule has 0 radical (unpaired) electrons. The predicted molar refractivity (Wildman–Crippen MR) is 83.8 cm³/mol. The Morgan fingerprint density at radius 1 is 1.38 bits per heavy atom. The topological polar surface area (TPSA) is 72.4 Å². The summed E-state index contributed by atoms with van der Waals surface area (Å²) in [7, 11) is -1.93. The number of sulfonamides is 1. The van der Waals surface area contributed by atoms with Gasteiger partial charge in [0, 0.05) is 38.6 Å². The summed E-state index contributed by atoms with van der Waals surface area (Å²) in [5.41, 5.74) is 0.985. The predicted octanol–water partition coefficient (Wildman–Crippen LogP) is 1.32. The number of nitrogens with one attached hydrogen (secondary N) is 2. The van der Waals surface area contributed by atoms with Crippen molar-refractivity contribution in [2.24, 2.45) is 0 Å². The summed E-state index contributed by atoms with van der Waals surface area (Å²) >= 11 is 0. The normalized spacial score (nSPS) is 13.5. The van der Waals surface area contributed by atoms with Crippen LogP contribution in [0.1, 0.15) is 32.9 Å². The van der Waals surface area contributed by atoms with Crippen LogP contribution in [0.25, 0.3) is 0 Å². The molecule has 0 fully saturated rings. The summed E-state index contributed by atoms with van der Waals surface area (Å²) in [6.07, 6.45) is 2.51. The van der Waals surface area contributed by atoms with Gasteiger partial charge in [-0.1, -0.05) is 13.8 Å². The first kappa shape index (κ1) is 18.2. The SMILES string of the molecule is CCCn1cc(S(=O)(=O)NCC(C)OC)cc1CNCC. The largest absolute Gasteiger partial charge is 0.380 e. The minimum Gasteiger partial charge on any atom is -0.380 e. The second-order valence-corrected chi connectivity index (χ2v) is 6.81. The molecule has 7 heteroatoms. The molecule has 0 aromatic carbocycles. The van der Waals surface area contributed by atoms with Crippen molar-refractivity contribution in [3.05, 3.63) is 18.0 Å². The second kappa shape index (κ2) is 8.53. The lowest BCUT2D eigenvalue weighted by Gasteiger charge is -2.10. The van der Waals surface area contributed by atoms with Gasteiger partial charge < -0.3 is 14.6 Å². The smallest absolute Gasteiger partial charge is 0.242 e. The molecule has 1 heterocycles. The number of aryl methyl sites for hydroxylation is 1. The fraction of sp³-hybridized carbons (Fsp3) is 0.714. The Morgan fingerprint density at radius 3 is 2.67 bits per heavy atom. The first-order valence-corrected chi connectivity index (χ1v) is 8.85. The van der Waals surface area contributed by atoms with Crippen molar-refractivity contribution in [1.82, 2.24) is 14.6 Å². The van der Waals surface area contributed by atoms with Gasteiger partial charge in [-0.3, -0.25) is 0 Å². The van der Waals surface area contributed by atoms with E-state index in [2.05, 4.69) is 17.0 Å². The first-order valence-electron chi connectivity index (χ1n) is 7.36. The Labute approximate surface area is 127 Å². The van der Waals surface area contributed by atoms with Crippen molar-refractivity contribution in [3.63, 3.8) is 0 Å². The van der Waals surface area contributed by atoms with Gasteiger partial charge >= 0.3 is 0 Å². The van der Waals surface area contributed by atoms with Crippen LogP contribution in [-0.2, 0) is 27.8 Å². The van der Waals surface area contributed by atoms with Crippen LogP contribution in [0.2, 0.25) is 0 Å². The fourth-order valence-corrected chi connectivity index (χ4v) is 3.09. The van der Waals surface area contributed by atoms with Gasteiger partial charge in [0.2, 0.25) is 10.0 Å². The lowest BCUT2D eigenvalue weighted by molar-refractivity contribution is 0.122. The molecular formula is C14H27N3O3S. The molecule has 1 unspecified atom stereocenters. The summed E-state index contributed by atoms with van der Waals surface area (Å²) in [4.78, 5) is 0.312. The minimum atomic E-state index is -3.49. The van der Waals surface area contributed by atoms with Crippen molar-refractivity contribution < 1.29 is 13.2 Å². The minimum absolute atomic E-state index is 0.154. The molecule has 6 nitrogen and oxygen atoms in total. The van der Waals surface area contributed by atoms with Crippen LogP contribution in [-0.4, -0.2) is 39.3 Å². The zero-order chi connectivity index (χ0) is 15.9. The van der Waals surface area contributed by atoms with E-state index in [-0.39, 0.29) is 12.6 Å². The Balaban J connectivity index is 2.90. The highest BCUT2D eigenvalue weighted by Crippen LogP contribution is 2.15. The molecule has 0 aliphatic heterocycles. The number of rotatable bonds is 10. The van der Waals surface area contributed by atoms with E-state index >= 15 is 0 Å². The highest BCUT2D eigenvalue weighted by molar-refractivity contribution is 7.89. The quantitative estimate of drug-likeness (QED) is 0.683. The average molecular weight is 317 g/mol. The molecule has 21 heavy (non-hydrogen) atoms. The zero-order valence-electron chi connectivity index (χ0n) is 13.3. The number of nitrogens with zero attached hydrogens (tertiary/aromatic N) is 1. The van der Waals surface area contributed by atoms with Gasteiger partial charge in [0.05, 0.1) is 11.0 Å². The maximum atomic E-state index is 12.3. The molecule has 1 rings (SSSR count). The van der Waals surface area contributed by atoms with Gasteiger partial charge in [-0.2, -0.15) is 0 Å². The molecule has 122 valence electrons. The van der Waals surface area contributed by atoms with Crippen molar-refractivity contribution in [1.29, 1.82) is 0 Å². The molecule has 0 spiro atoms. The van der Waals surface area contributed by atoms with Crippen LogP contribution in [0.15, 0.2) is 17.2 Å². The number of hydrogen-bond acceptors (Lipinski definition) is 4. The summed E-state index contributed by atoms with van der Waals surface area (Å²) in [6.45, 7) is 8.51. The number of hydrogen-bond donors (Lipinski definition) is 2. The molecule has 1 aromatic rings. The Hall–Kier alpha value is -0.890. The van der Waals surface area contributed by atoms with E-state index in [1.807, 2.05) is 18.4 Å². The molecule has 1 atom stereocenters. The second-order valence-electron chi connectivity index (χ2n) is 5.04. The summed E-state index contributed by atoms with van der Waals surface area (Å²) in [5.74, 6) is 0. The maximum Gasteiger partial charge on any atom is 0.242 e. The third-order valence-electron chi connectivity index (χ3n) is 3.25. The van der Waals surface area contributed by atoms with Gasteiger partial charge in [0.25, 0.3) is 0 Å². The van der Waals surface area contributed by atoms with Crippen LogP contribution < -0.4 is 10.0 Å². The molecule has 0 aliphatic carbocycles. The van der Waals surface area contributed by atoms with Crippen molar-refractivity contribution in [3.8, 4) is 0 Å². The zero-order valence-corrected chi connectivity index (χ0v) is 14.2. The molecule has 0 aliphatic rings. The first-order chi connectivity index (χ1) is 9.94. The number of methoxy groups -OCH3 is 1. The van der Waals surface area contributed by atoms with Crippen molar-refractivity contribution in [2.45, 2.75) is 51.3 Å². The molecule has 0 saturated heterocycles. The molecule has 0 bridgehead atoms. The lowest BCUT2D eigenvalue weighted by atomic mass is 10.4. The van der Waals surface area contributed by atoms with Gasteiger partial charge in [0.15, 0.2) is 0 Å². The fourth-order valence-electron chi connectivity index (χ4n) is 1.92. The molecule has 2 N–H and O–H groups in total. The van der Waals surface area contributed by atoms with E-state index in [4.69, 9.17) is 4.74 Å². The van der Waals surface area contributed by atoms with E-state index in [9.17, 15) is 8.42 Å². The highest BCUT2D eigenvalue weighted by Gasteiger charge is 2.18. The van der Waals surface area contributed by atoms with Crippen LogP contribution in [0, 0.1) is 0 Å².